The molecule has 3 heterocycles. The Hall–Kier alpha value is -2.76. The van der Waals surface area contributed by atoms with Gasteiger partial charge in [-0.05, 0) is 26.0 Å². The SMILES string of the molecule is Cc1ccc2ncnc(C(=O)N3CC(c4nocc4C)C3)c2c1. The Balaban J connectivity index is 1.59. The van der Waals surface area contributed by atoms with E-state index in [0.717, 1.165) is 27.7 Å². The molecule has 6 heteroatoms. The van der Waals surface area contributed by atoms with Gasteiger partial charge in [-0.15, -0.1) is 0 Å². The zero-order chi connectivity index (χ0) is 16.0. The number of aromatic nitrogens is 3. The van der Waals surface area contributed by atoms with E-state index < -0.39 is 0 Å². The standard InChI is InChI=1S/C17H16N4O2/c1-10-3-4-14-13(5-10)16(19-9-18-14)17(22)21-6-12(7-21)15-11(2)8-23-20-15/h3-5,8-9,12H,6-7H2,1-2H3. The summed E-state index contributed by atoms with van der Waals surface area (Å²) in [5.41, 5.74) is 4.32. The largest absolute Gasteiger partial charge is 0.364 e. The summed E-state index contributed by atoms with van der Waals surface area (Å²) in [6.45, 7) is 5.25. The van der Waals surface area contributed by atoms with Crippen LogP contribution in [0.2, 0.25) is 0 Å². The van der Waals surface area contributed by atoms with Crippen molar-refractivity contribution in [1.29, 1.82) is 0 Å². The van der Waals surface area contributed by atoms with Crippen LogP contribution in [0.4, 0.5) is 0 Å². The highest BCUT2D eigenvalue weighted by Gasteiger charge is 2.35. The van der Waals surface area contributed by atoms with E-state index in [1.807, 2.05) is 32.0 Å². The molecule has 2 aromatic heterocycles. The summed E-state index contributed by atoms with van der Waals surface area (Å²) >= 11 is 0. The van der Waals surface area contributed by atoms with Crippen molar-refractivity contribution in [3.8, 4) is 0 Å². The van der Waals surface area contributed by atoms with Crippen LogP contribution >= 0.6 is 0 Å². The van der Waals surface area contributed by atoms with Crippen molar-refractivity contribution in [1.82, 2.24) is 20.0 Å². The Morgan fingerprint density at radius 3 is 2.83 bits per heavy atom. The van der Waals surface area contributed by atoms with Gasteiger partial charge in [-0.2, -0.15) is 0 Å². The Morgan fingerprint density at radius 1 is 1.26 bits per heavy atom. The predicted molar refractivity (Wildman–Crippen MR) is 84.2 cm³/mol. The van der Waals surface area contributed by atoms with Gasteiger partial charge in [0.2, 0.25) is 0 Å². The quantitative estimate of drug-likeness (QED) is 0.727. The summed E-state index contributed by atoms with van der Waals surface area (Å²) in [5, 5.41) is 4.83. The smallest absolute Gasteiger partial charge is 0.273 e. The van der Waals surface area contributed by atoms with Crippen LogP contribution in [-0.2, 0) is 0 Å². The van der Waals surface area contributed by atoms with Crippen LogP contribution in [0.1, 0.15) is 33.2 Å². The lowest BCUT2D eigenvalue weighted by Crippen LogP contribution is -2.49. The fourth-order valence-electron chi connectivity index (χ4n) is 3.00. The molecular weight excluding hydrogens is 292 g/mol. The Morgan fingerprint density at radius 2 is 2.09 bits per heavy atom. The maximum Gasteiger partial charge on any atom is 0.273 e. The number of rotatable bonds is 2. The van der Waals surface area contributed by atoms with Crippen molar-refractivity contribution in [2.45, 2.75) is 19.8 Å². The molecule has 0 aliphatic carbocycles. The van der Waals surface area contributed by atoms with Crippen molar-refractivity contribution in [2.24, 2.45) is 0 Å². The van der Waals surface area contributed by atoms with Crippen LogP contribution in [0.25, 0.3) is 10.9 Å². The highest BCUT2D eigenvalue weighted by atomic mass is 16.5. The van der Waals surface area contributed by atoms with Gasteiger partial charge >= 0.3 is 0 Å². The first-order valence-corrected chi connectivity index (χ1v) is 7.55. The molecule has 1 amide bonds. The first-order valence-electron chi connectivity index (χ1n) is 7.55. The highest BCUT2D eigenvalue weighted by Crippen LogP contribution is 2.30. The minimum absolute atomic E-state index is 0.0552. The number of hydrogen-bond donors (Lipinski definition) is 0. The van der Waals surface area contributed by atoms with Crippen molar-refractivity contribution < 1.29 is 9.32 Å². The zero-order valence-corrected chi connectivity index (χ0v) is 13.0. The topological polar surface area (TPSA) is 72.1 Å². The van der Waals surface area contributed by atoms with Crippen LogP contribution in [0.5, 0.6) is 0 Å². The minimum atomic E-state index is -0.0552. The molecule has 1 saturated heterocycles. The predicted octanol–water partition coefficient (Wildman–Crippen LogP) is 2.47. The second-order valence-electron chi connectivity index (χ2n) is 6.03. The van der Waals surface area contributed by atoms with Gasteiger partial charge in [0.25, 0.3) is 5.91 Å². The van der Waals surface area contributed by atoms with Crippen LogP contribution in [-0.4, -0.2) is 39.0 Å². The number of nitrogens with zero attached hydrogens (tertiary/aromatic N) is 4. The number of hydrogen-bond acceptors (Lipinski definition) is 5. The summed E-state index contributed by atoms with van der Waals surface area (Å²) < 4.78 is 4.98. The van der Waals surface area contributed by atoms with E-state index in [1.165, 1.54) is 6.33 Å². The molecule has 0 N–H and O–H groups in total. The number of likely N-dealkylation sites (tertiary alicyclic amines) is 1. The number of carbonyl (C=O) groups excluding carboxylic acids is 1. The average molecular weight is 308 g/mol. The summed E-state index contributed by atoms with van der Waals surface area (Å²) in [6, 6.07) is 5.86. The molecule has 0 saturated carbocycles. The second-order valence-corrected chi connectivity index (χ2v) is 6.03. The van der Waals surface area contributed by atoms with E-state index in [1.54, 1.807) is 11.2 Å². The lowest BCUT2D eigenvalue weighted by molar-refractivity contribution is 0.0591. The molecular formula is C17H16N4O2. The zero-order valence-electron chi connectivity index (χ0n) is 13.0. The van der Waals surface area contributed by atoms with Crippen molar-refractivity contribution in [3.05, 3.63) is 53.3 Å². The molecule has 23 heavy (non-hydrogen) atoms. The Labute approximate surface area is 133 Å². The lowest BCUT2D eigenvalue weighted by Gasteiger charge is -2.38. The number of aryl methyl sites for hydroxylation is 2. The molecule has 0 bridgehead atoms. The molecule has 0 atom stereocenters. The summed E-state index contributed by atoms with van der Waals surface area (Å²) in [5.74, 6) is 0.188. The van der Waals surface area contributed by atoms with Gasteiger partial charge in [0.05, 0.1) is 11.2 Å². The van der Waals surface area contributed by atoms with Crippen LogP contribution < -0.4 is 0 Å². The van der Waals surface area contributed by atoms with Gasteiger partial charge in [-0.1, -0.05) is 16.8 Å². The van der Waals surface area contributed by atoms with Crippen molar-refractivity contribution >= 4 is 16.8 Å². The Bertz CT molecular complexity index is 896. The fourth-order valence-corrected chi connectivity index (χ4v) is 3.00. The molecule has 4 rings (SSSR count). The molecule has 1 fully saturated rings. The van der Waals surface area contributed by atoms with Crippen LogP contribution in [0.15, 0.2) is 35.3 Å². The van der Waals surface area contributed by atoms with E-state index in [2.05, 4.69) is 15.1 Å². The van der Waals surface area contributed by atoms with Gasteiger partial charge < -0.3 is 9.42 Å². The maximum absolute atomic E-state index is 12.7. The third kappa shape index (κ3) is 2.27. The van der Waals surface area contributed by atoms with Gasteiger partial charge in [0.1, 0.15) is 18.3 Å². The molecule has 3 aromatic rings. The number of fused-ring (bicyclic) bond motifs is 1. The summed E-state index contributed by atoms with van der Waals surface area (Å²) in [4.78, 5) is 23.0. The number of carbonyl (C=O) groups is 1. The van der Waals surface area contributed by atoms with E-state index >= 15 is 0 Å². The van der Waals surface area contributed by atoms with E-state index in [0.29, 0.717) is 18.8 Å². The number of benzene rings is 1. The van der Waals surface area contributed by atoms with Gasteiger partial charge in [-0.3, -0.25) is 4.79 Å². The van der Waals surface area contributed by atoms with Crippen LogP contribution in [0, 0.1) is 13.8 Å². The third-order valence-corrected chi connectivity index (χ3v) is 4.33. The maximum atomic E-state index is 12.7. The number of amides is 1. The molecule has 0 radical (unpaired) electrons. The molecule has 6 nitrogen and oxygen atoms in total. The summed E-state index contributed by atoms with van der Waals surface area (Å²) in [7, 11) is 0. The minimum Gasteiger partial charge on any atom is -0.364 e. The monoisotopic (exact) mass is 308 g/mol. The average Bonchev–Trinajstić information content (AvgIpc) is 2.91. The molecule has 116 valence electrons. The Kier molecular flexibility index (Phi) is 3.11. The van der Waals surface area contributed by atoms with E-state index in [9.17, 15) is 4.79 Å². The fraction of sp³-hybridized carbons (Fsp3) is 0.294. The lowest BCUT2D eigenvalue weighted by atomic mass is 9.93. The van der Waals surface area contributed by atoms with Gasteiger partial charge in [-0.25, -0.2) is 9.97 Å². The third-order valence-electron chi connectivity index (χ3n) is 4.33. The second kappa shape index (κ2) is 5.15. The van der Waals surface area contributed by atoms with Gasteiger partial charge in [0.15, 0.2) is 0 Å². The molecule has 0 spiro atoms. The molecule has 1 aliphatic heterocycles. The normalized spacial score (nSPS) is 15.0. The van der Waals surface area contributed by atoms with Crippen molar-refractivity contribution in [2.75, 3.05) is 13.1 Å². The van der Waals surface area contributed by atoms with Crippen molar-refractivity contribution in [3.63, 3.8) is 0 Å². The summed E-state index contributed by atoms with van der Waals surface area (Å²) in [6.07, 6.45) is 3.09. The van der Waals surface area contributed by atoms with Crippen LogP contribution in [0.3, 0.4) is 0 Å². The highest BCUT2D eigenvalue weighted by molar-refractivity contribution is 6.04. The molecule has 1 aliphatic rings. The molecule has 0 unspecified atom stereocenters. The van der Waals surface area contributed by atoms with E-state index in [-0.39, 0.29) is 11.8 Å². The molecule has 1 aromatic carbocycles. The first kappa shape index (κ1) is 13.9. The van der Waals surface area contributed by atoms with E-state index in [4.69, 9.17) is 4.52 Å². The van der Waals surface area contributed by atoms with Gasteiger partial charge in [0, 0.05) is 30.0 Å². The first-order chi connectivity index (χ1) is 11.1.